The van der Waals surface area contributed by atoms with E-state index in [9.17, 15) is 4.79 Å². The molecule has 0 unspecified atom stereocenters. The second-order valence-electron chi connectivity index (χ2n) is 10.6. The summed E-state index contributed by atoms with van der Waals surface area (Å²) in [5.74, 6) is 0.450. The highest BCUT2D eigenvalue weighted by Gasteiger charge is 2.20. The van der Waals surface area contributed by atoms with Crippen molar-refractivity contribution in [2.75, 3.05) is 33.9 Å². The van der Waals surface area contributed by atoms with Crippen LogP contribution in [0.2, 0.25) is 0 Å². The second-order valence-corrected chi connectivity index (χ2v) is 10.6. The molecule has 2 heterocycles. The number of ether oxygens (including phenoxy) is 2. The third kappa shape index (κ3) is 8.65. The number of hydrogen-bond donors (Lipinski definition) is 1. The van der Waals surface area contributed by atoms with Crippen LogP contribution in [-0.4, -0.2) is 60.6 Å². The van der Waals surface area contributed by atoms with E-state index in [-0.39, 0.29) is 0 Å². The smallest absolute Gasteiger partial charge is 0.337 e. The van der Waals surface area contributed by atoms with Crippen molar-refractivity contribution in [2.45, 2.75) is 58.2 Å². The number of piperidine rings is 1. The molecule has 1 saturated heterocycles. The van der Waals surface area contributed by atoms with Crippen LogP contribution >= 0.6 is 0 Å². The van der Waals surface area contributed by atoms with E-state index >= 15 is 0 Å². The molecule has 1 fully saturated rings. The fraction of sp³-hybridized carbons (Fsp3) is 0.412. The number of rotatable bonds is 13. The summed E-state index contributed by atoms with van der Waals surface area (Å²) in [6.45, 7) is 10.9. The summed E-state index contributed by atoms with van der Waals surface area (Å²) < 4.78 is 10.7. The van der Waals surface area contributed by atoms with Gasteiger partial charge in [0.05, 0.1) is 37.7 Å². The first-order valence-electron chi connectivity index (χ1n) is 14.6. The molecule has 2 aromatic rings. The van der Waals surface area contributed by atoms with Gasteiger partial charge in [0, 0.05) is 30.5 Å². The summed E-state index contributed by atoms with van der Waals surface area (Å²) >= 11 is 0. The van der Waals surface area contributed by atoms with Gasteiger partial charge in [-0.25, -0.2) is 4.79 Å². The Morgan fingerprint density at radius 1 is 1.20 bits per heavy atom. The van der Waals surface area contributed by atoms with Crippen LogP contribution in [0, 0.1) is 0 Å². The van der Waals surface area contributed by atoms with E-state index in [1.54, 1.807) is 25.4 Å². The molecule has 7 heteroatoms. The number of methoxy groups -OCH3 is 2. The standard InChI is InChI=1S/C34H44N4O3/c1-5-19-38(26(2)32-23-29(14-18-36-32)34(39)41-4)25-30-12-11-28(22-33(30)40-3)24-37-20-15-31(16-21-37)35-17-13-27-9-7-6-8-10-27/h5,7,9-12,14,18-19,22-23,31,35H,2,6,8,13,15-17,20-21,24-25H2,1,3-4H3/b19-5-. The largest absolute Gasteiger partial charge is 0.496 e. The third-order valence-electron chi connectivity index (χ3n) is 7.76. The zero-order chi connectivity index (χ0) is 29.0. The fourth-order valence-corrected chi connectivity index (χ4v) is 5.43. The maximum absolute atomic E-state index is 12.0. The molecule has 1 aliphatic heterocycles. The molecule has 1 aliphatic carbocycles. The molecule has 41 heavy (non-hydrogen) atoms. The van der Waals surface area contributed by atoms with Gasteiger partial charge < -0.3 is 19.7 Å². The Hall–Kier alpha value is -3.68. The molecule has 1 aromatic carbocycles. The van der Waals surface area contributed by atoms with Gasteiger partial charge in [0.2, 0.25) is 0 Å². The number of esters is 1. The van der Waals surface area contributed by atoms with Gasteiger partial charge in [0.15, 0.2) is 0 Å². The van der Waals surface area contributed by atoms with E-state index < -0.39 is 5.97 Å². The highest BCUT2D eigenvalue weighted by molar-refractivity contribution is 5.90. The highest BCUT2D eigenvalue weighted by atomic mass is 16.5. The maximum atomic E-state index is 12.0. The van der Waals surface area contributed by atoms with E-state index in [4.69, 9.17) is 9.47 Å². The van der Waals surface area contributed by atoms with Crippen LogP contribution in [0.25, 0.3) is 5.70 Å². The number of allylic oxidation sites excluding steroid dienone is 4. The zero-order valence-corrected chi connectivity index (χ0v) is 24.8. The average molecular weight is 557 g/mol. The van der Waals surface area contributed by atoms with Gasteiger partial charge in [-0.3, -0.25) is 9.88 Å². The molecular formula is C34H44N4O3. The van der Waals surface area contributed by atoms with Crippen molar-refractivity contribution in [1.29, 1.82) is 0 Å². The van der Waals surface area contributed by atoms with Crippen LogP contribution in [0.3, 0.4) is 0 Å². The highest BCUT2D eigenvalue weighted by Crippen LogP contribution is 2.27. The number of carbonyl (C=O) groups is 1. The summed E-state index contributed by atoms with van der Waals surface area (Å²) in [4.78, 5) is 21.0. The molecule has 0 atom stereocenters. The first-order valence-corrected chi connectivity index (χ1v) is 14.6. The van der Waals surface area contributed by atoms with Gasteiger partial charge in [0.1, 0.15) is 5.75 Å². The van der Waals surface area contributed by atoms with Gasteiger partial charge in [0.25, 0.3) is 0 Å². The first kappa shape index (κ1) is 30.3. The Kier molecular flexibility index (Phi) is 11.3. The third-order valence-corrected chi connectivity index (χ3v) is 7.76. The molecule has 0 spiro atoms. The van der Waals surface area contributed by atoms with Crippen molar-refractivity contribution in [1.82, 2.24) is 20.1 Å². The zero-order valence-electron chi connectivity index (χ0n) is 24.8. The van der Waals surface area contributed by atoms with E-state index in [2.05, 4.69) is 58.2 Å². The lowest BCUT2D eigenvalue weighted by Crippen LogP contribution is -2.42. The lowest BCUT2D eigenvalue weighted by Gasteiger charge is -2.32. The minimum atomic E-state index is -0.401. The summed E-state index contributed by atoms with van der Waals surface area (Å²) in [7, 11) is 3.09. The summed E-state index contributed by atoms with van der Waals surface area (Å²) in [6.07, 6.45) is 18.3. The van der Waals surface area contributed by atoms with E-state index in [1.807, 2.05) is 24.1 Å². The molecule has 0 bridgehead atoms. The van der Waals surface area contributed by atoms with Crippen molar-refractivity contribution < 1.29 is 14.3 Å². The van der Waals surface area contributed by atoms with Gasteiger partial charge >= 0.3 is 5.97 Å². The summed E-state index contributed by atoms with van der Waals surface area (Å²) in [5.41, 5.74) is 5.50. The van der Waals surface area contributed by atoms with Crippen LogP contribution in [0.15, 0.2) is 79.2 Å². The monoisotopic (exact) mass is 556 g/mol. The number of nitrogens with zero attached hydrogens (tertiary/aromatic N) is 3. The summed E-state index contributed by atoms with van der Waals surface area (Å²) in [5, 5.41) is 3.77. The molecule has 2 aliphatic rings. The number of hydrogen-bond acceptors (Lipinski definition) is 7. The lowest BCUT2D eigenvalue weighted by molar-refractivity contribution is 0.0600. The van der Waals surface area contributed by atoms with Crippen LogP contribution in [0.1, 0.15) is 66.2 Å². The van der Waals surface area contributed by atoms with Crippen molar-refractivity contribution in [3.8, 4) is 5.75 Å². The summed E-state index contributed by atoms with van der Waals surface area (Å²) in [6, 6.07) is 10.4. The number of aromatic nitrogens is 1. The molecule has 4 rings (SSSR count). The Morgan fingerprint density at radius 2 is 2.02 bits per heavy atom. The number of pyridine rings is 1. The van der Waals surface area contributed by atoms with Crippen molar-refractivity contribution in [3.63, 3.8) is 0 Å². The molecule has 1 aromatic heterocycles. The second kappa shape index (κ2) is 15.4. The Morgan fingerprint density at radius 3 is 2.73 bits per heavy atom. The van der Waals surface area contributed by atoms with Crippen LogP contribution in [0.5, 0.6) is 5.75 Å². The van der Waals surface area contributed by atoms with Crippen molar-refractivity contribution in [3.05, 3.63) is 102 Å². The van der Waals surface area contributed by atoms with E-state index in [0.29, 0.717) is 29.5 Å². The molecule has 7 nitrogen and oxygen atoms in total. The predicted molar refractivity (Wildman–Crippen MR) is 165 cm³/mol. The van der Waals surface area contributed by atoms with Gasteiger partial charge in [-0.2, -0.15) is 0 Å². The van der Waals surface area contributed by atoms with Crippen LogP contribution in [0.4, 0.5) is 0 Å². The molecule has 0 amide bonds. The number of nitrogens with one attached hydrogen (secondary N) is 1. The van der Waals surface area contributed by atoms with Gasteiger partial charge in [-0.15, -0.1) is 0 Å². The van der Waals surface area contributed by atoms with Crippen LogP contribution < -0.4 is 10.1 Å². The van der Waals surface area contributed by atoms with E-state index in [0.717, 1.165) is 43.9 Å². The Labute approximate surface area is 245 Å². The van der Waals surface area contributed by atoms with Crippen molar-refractivity contribution >= 4 is 11.7 Å². The molecular weight excluding hydrogens is 512 g/mol. The number of benzene rings is 1. The average Bonchev–Trinajstić information content (AvgIpc) is 3.02. The minimum Gasteiger partial charge on any atom is -0.496 e. The molecule has 0 radical (unpaired) electrons. The Bertz CT molecular complexity index is 1270. The quantitative estimate of drug-likeness (QED) is 0.299. The molecule has 218 valence electrons. The van der Waals surface area contributed by atoms with Crippen LogP contribution in [-0.2, 0) is 17.8 Å². The fourth-order valence-electron chi connectivity index (χ4n) is 5.43. The number of carbonyl (C=O) groups excluding carboxylic acids is 1. The van der Waals surface area contributed by atoms with Gasteiger partial charge in [-0.1, -0.05) is 48.6 Å². The Balaban J connectivity index is 1.32. The number of likely N-dealkylation sites (tertiary alicyclic amines) is 1. The van der Waals surface area contributed by atoms with Crippen molar-refractivity contribution in [2.24, 2.45) is 0 Å². The topological polar surface area (TPSA) is 66.9 Å². The van der Waals surface area contributed by atoms with E-state index in [1.165, 1.54) is 43.9 Å². The molecule has 1 N–H and O–H groups in total. The first-order chi connectivity index (χ1) is 20.0. The van der Waals surface area contributed by atoms with Gasteiger partial charge in [-0.05, 0) is 82.4 Å². The SMILES string of the molecule is C=C(c1cc(C(=O)OC)ccn1)N(/C=C\C)Cc1ccc(CN2CCC(NCCC3=CCCC=C3)CC2)cc1OC. The lowest BCUT2D eigenvalue weighted by atomic mass is 10.0. The normalized spacial score (nSPS) is 16.0. The molecule has 0 saturated carbocycles. The minimum absolute atomic E-state index is 0.401. The predicted octanol–water partition coefficient (Wildman–Crippen LogP) is 6.10. The maximum Gasteiger partial charge on any atom is 0.337 e.